The summed E-state index contributed by atoms with van der Waals surface area (Å²) in [6, 6.07) is 23.3. The summed E-state index contributed by atoms with van der Waals surface area (Å²) >= 11 is 0. The number of hydrogen-bond donors (Lipinski definition) is 2. The number of carbonyl (C=O) groups is 2. The van der Waals surface area contributed by atoms with Gasteiger partial charge in [-0.15, -0.1) is 10.2 Å². The van der Waals surface area contributed by atoms with E-state index in [1.54, 1.807) is 59.5 Å². The van der Waals surface area contributed by atoms with Gasteiger partial charge in [-0.2, -0.15) is 26.3 Å². The number of carboxylic acid groups (broad SMARTS) is 1. The van der Waals surface area contributed by atoms with E-state index < -0.39 is 34.0 Å². The van der Waals surface area contributed by atoms with E-state index in [4.69, 9.17) is 19.4 Å². The van der Waals surface area contributed by atoms with Crippen molar-refractivity contribution in [2.24, 2.45) is 0 Å². The van der Waals surface area contributed by atoms with E-state index in [0.717, 1.165) is 37.1 Å². The van der Waals surface area contributed by atoms with Crippen molar-refractivity contribution in [3.63, 3.8) is 0 Å². The normalized spacial score (nSPS) is 16.4. The van der Waals surface area contributed by atoms with Gasteiger partial charge in [0.15, 0.2) is 5.69 Å². The van der Waals surface area contributed by atoms with Crippen LogP contribution in [0.5, 0.6) is 17.4 Å². The van der Waals surface area contributed by atoms with Crippen molar-refractivity contribution < 1.29 is 64.2 Å². The number of nitrogens with one attached hydrogen (secondary N) is 1. The van der Waals surface area contributed by atoms with Gasteiger partial charge in [0.25, 0.3) is 5.91 Å². The van der Waals surface area contributed by atoms with E-state index in [1.807, 2.05) is 18.2 Å². The van der Waals surface area contributed by atoms with Gasteiger partial charge in [-0.3, -0.25) is 9.52 Å². The van der Waals surface area contributed by atoms with Crippen LogP contribution < -0.4 is 24.6 Å². The maximum atomic E-state index is 13.6. The second-order valence-corrected chi connectivity index (χ2v) is 14.8. The first-order chi connectivity index (χ1) is 26.5. The van der Waals surface area contributed by atoms with E-state index in [2.05, 4.69) is 20.2 Å². The molecule has 1 amide bonds. The Bertz CT molecular complexity index is 2040. The van der Waals surface area contributed by atoms with Gasteiger partial charge in [-0.1, -0.05) is 42.5 Å². The van der Waals surface area contributed by atoms with Gasteiger partial charge in [0.05, 0.1) is 18.0 Å². The first kappa shape index (κ1) is 41.7. The minimum absolute atomic E-state index is 0.0494. The number of alkyl halides is 6. The van der Waals surface area contributed by atoms with E-state index in [0.29, 0.717) is 61.2 Å². The monoisotopic (exact) mass is 809 g/mol. The Morgan fingerprint density at radius 3 is 2.14 bits per heavy atom. The SMILES string of the molecule is O=C([O-])C(F)(F)F.O=C(c1ccc(OC[C@@H]2CCC[NH2+]2)c(NS(=O)(=O)Cc2ccccc2)c1)N1CCC(c2ccc(Oc3ccc(C(F)(F)F)nn3)cc2)CC1. The zero-order valence-corrected chi connectivity index (χ0v) is 30.4. The van der Waals surface area contributed by atoms with Crippen molar-refractivity contribution in [3.05, 3.63) is 107 Å². The van der Waals surface area contributed by atoms with Crippen LogP contribution in [0.2, 0.25) is 0 Å². The second kappa shape index (κ2) is 18.0. The zero-order valence-electron chi connectivity index (χ0n) is 29.6. The molecule has 0 aliphatic carbocycles. The Balaban J connectivity index is 0.000000784. The third-order valence-corrected chi connectivity index (χ3v) is 10.2. The lowest BCUT2D eigenvalue weighted by atomic mass is 9.89. The van der Waals surface area contributed by atoms with E-state index in [1.165, 1.54) is 0 Å². The van der Waals surface area contributed by atoms with Crippen LogP contribution in [0.15, 0.2) is 84.9 Å². The molecule has 2 fully saturated rings. The van der Waals surface area contributed by atoms with Gasteiger partial charge < -0.3 is 29.6 Å². The number of aromatic nitrogens is 2. The Kier molecular flexibility index (Phi) is 13.4. The van der Waals surface area contributed by atoms with Crippen molar-refractivity contribution in [1.82, 2.24) is 15.1 Å². The van der Waals surface area contributed by atoms with Crippen LogP contribution in [0.25, 0.3) is 0 Å². The predicted molar refractivity (Wildman–Crippen MR) is 187 cm³/mol. The summed E-state index contributed by atoms with van der Waals surface area (Å²) < 4.78 is 110. The average molecular weight is 810 g/mol. The smallest absolute Gasteiger partial charge is 0.435 e. The lowest BCUT2D eigenvalue weighted by molar-refractivity contribution is -0.670. The molecule has 4 aromatic rings. The molecule has 19 heteroatoms. The third-order valence-electron chi connectivity index (χ3n) is 8.94. The third kappa shape index (κ3) is 12.0. The van der Waals surface area contributed by atoms with Crippen LogP contribution in [-0.4, -0.2) is 73.9 Å². The standard InChI is InChI=1S/C35H36F3N5O5S.C2HF3O2/c36-35(37,38)32-14-15-33(41-40-32)48-29-11-8-25(9-12-29)26-16-19-43(20-17-26)34(44)27-10-13-31(47-22-28-7-4-18-39-28)30(21-27)42-49(45,46)23-24-5-2-1-3-6-24;3-2(4,5)1(6)7/h1-3,5-6,8-15,21,26,28,39,42H,4,7,16-20,22-23H2;(H,6,7)/t28-;/m0./s1. The highest BCUT2D eigenvalue weighted by Gasteiger charge is 2.33. The van der Waals surface area contributed by atoms with Crippen LogP contribution >= 0.6 is 0 Å². The largest absolute Gasteiger partial charge is 0.542 e. The molecule has 1 aromatic heterocycles. The molecule has 2 aliphatic heterocycles. The molecule has 3 N–H and O–H groups in total. The van der Waals surface area contributed by atoms with Crippen LogP contribution in [0, 0.1) is 0 Å². The molecule has 3 aromatic carbocycles. The Morgan fingerprint density at radius 2 is 1.57 bits per heavy atom. The lowest BCUT2D eigenvalue weighted by Gasteiger charge is -2.32. The number of hydrogen-bond acceptors (Lipinski definition) is 9. The molecular formula is C37H37F6N5O7S. The van der Waals surface area contributed by atoms with Crippen LogP contribution in [-0.2, 0) is 26.7 Å². The highest BCUT2D eigenvalue weighted by Crippen LogP contribution is 2.33. The molecule has 2 saturated heterocycles. The van der Waals surface area contributed by atoms with Gasteiger partial charge in [-0.25, -0.2) is 8.42 Å². The molecule has 0 unspecified atom stereocenters. The van der Waals surface area contributed by atoms with E-state index in [-0.39, 0.29) is 29.1 Å². The molecule has 0 bridgehead atoms. The quantitative estimate of drug-likeness (QED) is 0.205. The first-order valence-electron chi connectivity index (χ1n) is 17.4. The van der Waals surface area contributed by atoms with Crippen molar-refractivity contribution >= 4 is 27.6 Å². The summed E-state index contributed by atoms with van der Waals surface area (Å²) in [6.45, 7) is 2.49. The molecule has 1 atom stereocenters. The number of likely N-dealkylation sites (tertiary alicyclic amines) is 1. The summed E-state index contributed by atoms with van der Waals surface area (Å²) in [5, 5.41) is 17.7. The molecule has 12 nitrogen and oxygen atoms in total. The van der Waals surface area contributed by atoms with Crippen LogP contribution in [0.3, 0.4) is 0 Å². The molecule has 3 heterocycles. The molecular weight excluding hydrogens is 772 g/mol. The highest BCUT2D eigenvalue weighted by molar-refractivity contribution is 7.91. The number of benzene rings is 3. The van der Waals surface area contributed by atoms with Crippen LogP contribution in [0.1, 0.15) is 58.8 Å². The molecule has 0 radical (unpaired) electrons. The number of nitrogens with two attached hydrogens (primary N) is 1. The summed E-state index contributed by atoms with van der Waals surface area (Å²) in [5.74, 6) is -2.49. The number of sulfonamides is 1. The molecule has 6 rings (SSSR count). The summed E-state index contributed by atoms with van der Waals surface area (Å²) in [5.41, 5.74) is 1.20. The first-order valence-corrected chi connectivity index (χ1v) is 19.0. The van der Waals surface area contributed by atoms with Crippen molar-refractivity contribution in [1.29, 1.82) is 0 Å². The fourth-order valence-corrected chi connectivity index (χ4v) is 7.32. The number of carboxylic acids is 1. The number of ether oxygens (including phenoxy) is 2. The second-order valence-electron chi connectivity index (χ2n) is 13.1. The highest BCUT2D eigenvalue weighted by atomic mass is 32.2. The molecule has 56 heavy (non-hydrogen) atoms. The Morgan fingerprint density at radius 1 is 0.893 bits per heavy atom. The topological polar surface area (TPSA) is 167 Å². The minimum Gasteiger partial charge on any atom is -0.542 e. The molecule has 300 valence electrons. The number of anilines is 1. The predicted octanol–water partition coefficient (Wildman–Crippen LogP) is 4.65. The number of nitrogens with zero attached hydrogens (tertiary/aromatic N) is 3. The average Bonchev–Trinajstić information content (AvgIpc) is 3.68. The Labute approximate surface area is 317 Å². The van der Waals surface area contributed by atoms with Gasteiger partial charge in [0.2, 0.25) is 15.9 Å². The lowest BCUT2D eigenvalue weighted by Crippen LogP contribution is -2.87. The van der Waals surface area contributed by atoms with Gasteiger partial charge in [-0.05, 0) is 66.3 Å². The maximum absolute atomic E-state index is 13.6. The minimum atomic E-state index is -5.19. The number of quaternary nitrogens is 1. The van der Waals surface area contributed by atoms with Crippen molar-refractivity contribution in [2.45, 2.75) is 55.7 Å². The summed E-state index contributed by atoms with van der Waals surface area (Å²) in [7, 11) is -3.80. The number of rotatable bonds is 11. The summed E-state index contributed by atoms with van der Waals surface area (Å²) in [6.07, 6.45) is -6.21. The van der Waals surface area contributed by atoms with E-state index in [9.17, 15) is 39.6 Å². The van der Waals surface area contributed by atoms with Gasteiger partial charge in [0.1, 0.15) is 30.1 Å². The number of piperidine rings is 1. The van der Waals surface area contributed by atoms with Crippen molar-refractivity contribution in [3.8, 4) is 17.4 Å². The number of carbonyl (C=O) groups excluding carboxylic acids is 2. The Hall–Kier alpha value is -5.43. The number of amides is 1. The van der Waals surface area contributed by atoms with Crippen molar-refractivity contribution in [2.75, 3.05) is 31.0 Å². The molecule has 0 saturated carbocycles. The molecule has 2 aliphatic rings. The fourth-order valence-electron chi connectivity index (χ4n) is 6.12. The fraction of sp³-hybridized carbons (Fsp3) is 0.351. The molecule has 0 spiro atoms. The number of halogens is 6. The number of aliphatic carboxylic acids is 1. The zero-order chi connectivity index (χ0) is 40.5. The summed E-state index contributed by atoms with van der Waals surface area (Å²) in [4.78, 5) is 24.2. The van der Waals surface area contributed by atoms with Gasteiger partial charge >= 0.3 is 12.4 Å². The van der Waals surface area contributed by atoms with Crippen LogP contribution in [0.4, 0.5) is 32.0 Å². The van der Waals surface area contributed by atoms with Gasteiger partial charge in [0, 0.05) is 37.6 Å². The van der Waals surface area contributed by atoms with E-state index >= 15 is 0 Å². The maximum Gasteiger partial charge on any atom is 0.435 e.